The molecule has 1 aromatic rings. The highest BCUT2D eigenvalue weighted by Crippen LogP contribution is 2.31. The van der Waals surface area contributed by atoms with Gasteiger partial charge in [0.2, 0.25) is 0 Å². The number of hydrogen-bond donors (Lipinski definition) is 2. The molecule has 2 fully saturated rings. The zero-order chi connectivity index (χ0) is 27.1. The van der Waals surface area contributed by atoms with E-state index in [-0.39, 0.29) is 18.6 Å². The molecule has 0 radical (unpaired) electrons. The minimum absolute atomic E-state index is 0.0234. The number of esters is 2. The Morgan fingerprint density at radius 3 is 1.59 bits per heavy atom. The molecule has 3 rings (SSSR count). The van der Waals surface area contributed by atoms with Gasteiger partial charge >= 0.3 is 23.9 Å². The number of benzene rings is 1. The molecule has 0 bridgehead atoms. The number of carbonyl (C=O) groups is 4. The maximum Gasteiger partial charge on any atom is 0.331 e. The Morgan fingerprint density at radius 2 is 1.22 bits per heavy atom. The van der Waals surface area contributed by atoms with E-state index >= 15 is 0 Å². The quantitative estimate of drug-likeness (QED) is 0.234. The van der Waals surface area contributed by atoms with Gasteiger partial charge in [0.25, 0.3) is 0 Å². The fourth-order valence-electron chi connectivity index (χ4n) is 4.77. The van der Waals surface area contributed by atoms with Crippen molar-refractivity contribution in [3.8, 4) is 0 Å². The molecule has 0 amide bonds. The Kier molecular flexibility index (Phi) is 12.9. The van der Waals surface area contributed by atoms with Crippen molar-refractivity contribution in [3.63, 3.8) is 0 Å². The second-order valence-electron chi connectivity index (χ2n) is 9.71. The summed E-state index contributed by atoms with van der Waals surface area (Å²) in [6.45, 7) is 1.90. The summed E-state index contributed by atoms with van der Waals surface area (Å²) in [4.78, 5) is 46.0. The highest BCUT2D eigenvalue weighted by atomic mass is 16.5. The number of carbonyl (C=O) groups excluding carboxylic acids is 2. The molecule has 0 atom stereocenters. The maximum atomic E-state index is 11.6. The highest BCUT2D eigenvalue weighted by molar-refractivity contribution is 6.04. The van der Waals surface area contributed by atoms with Crippen LogP contribution in [0.5, 0.6) is 0 Å². The highest BCUT2D eigenvalue weighted by Gasteiger charge is 2.47. The summed E-state index contributed by atoms with van der Waals surface area (Å²) < 4.78 is 10.6. The normalized spacial score (nSPS) is 16.9. The van der Waals surface area contributed by atoms with Crippen LogP contribution in [-0.2, 0) is 34.1 Å². The lowest BCUT2D eigenvalue weighted by molar-refractivity contribution is -0.158. The van der Waals surface area contributed by atoms with E-state index in [1.165, 1.54) is 25.0 Å². The first-order valence-corrected chi connectivity index (χ1v) is 13.4. The Bertz CT molecular complexity index is 848. The van der Waals surface area contributed by atoms with Gasteiger partial charge in [-0.25, -0.2) is 9.59 Å². The number of aliphatic carboxylic acids is 2. The third kappa shape index (κ3) is 9.67. The molecule has 2 N–H and O–H groups in total. The number of ether oxygens (including phenoxy) is 2. The average molecular weight is 517 g/mol. The minimum atomic E-state index is -1.82. The van der Waals surface area contributed by atoms with Crippen LogP contribution in [-0.4, -0.2) is 46.3 Å². The first kappa shape index (κ1) is 30.1. The van der Waals surface area contributed by atoms with Gasteiger partial charge in [-0.3, -0.25) is 9.59 Å². The summed E-state index contributed by atoms with van der Waals surface area (Å²) in [5.74, 6) is -3.47. The van der Waals surface area contributed by atoms with Crippen molar-refractivity contribution in [3.05, 3.63) is 48.0 Å². The summed E-state index contributed by atoms with van der Waals surface area (Å²) in [7, 11) is 0. The van der Waals surface area contributed by atoms with E-state index in [1.54, 1.807) is 30.3 Å². The number of rotatable bonds is 10. The molecule has 2 saturated carbocycles. The lowest BCUT2D eigenvalue weighted by Gasteiger charge is -2.25. The lowest BCUT2D eigenvalue weighted by Crippen LogP contribution is -2.43. The summed E-state index contributed by atoms with van der Waals surface area (Å²) in [6.07, 6.45) is 14.5. The lowest BCUT2D eigenvalue weighted by atomic mass is 9.76. The molecule has 2 aliphatic carbocycles. The fraction of sp³-hybridized carbons (Fsp3) is 0.586. The van der Waals surface area contributed by atoms with Crippen LogP contribution >= 0.6 is 0 Å². The third-order valence-electron chi connectivity index (χ3n) is 6.93. The van der Waals surface area contributed by atoms with E-state index in [1.807, 2.05) is 6.92 Å². The van der Waals surface area contributed by atoms with Gasteiger partial charge in [0.05, 0.1) is 0 Å². The third-order valence-corrected chi connectivity index (χ3v) is 6.93. The van der Waals surface area contributed by atoms with Crippen LogP contribution in [0.15, 0.2) is 42.5 Å². The second-order valence-corrected chi connectivity index (χ2v) is 9.71. The molecule has 37 heavy (non-hydrogen) atoms. The molecule has 8 heteroatoms. The van der Waals surface area contributed by atoms with E-state index in [9.17, 15) is 29.4 Å². The molecular formula is C29H40O8. The Hall–Kier alpha value is -3.16. The number of hydrogen-bond acceptors (Lipinski definition) is 6. The number of carboxylic acid groups (broad SMARTS) is 2. The topological polar surface area (TPSA) is 127 Å². The van der Waals surface area contributed by atoms with Crippen molar-refractivity contribution in [2.45, 2.75) is 108 Å². The molecule has 204 valence electrons. The van der Waals surface area contributed by atoms with Crippen LogP contribution < -0.4 is 0 Å². The van der Waals surface area contributed by atoms with E-state index in [0.29, 0.717) is 12.0 Å². The molecular weight excluding hydrogens is 476 g/mol. The summed E-state index contributed by atoms with van der Waals surface area (Å²) >= 11 is 0. The second kappa shape index (κ2) is 15.8. The van der Waals surface area contributed by atoms with Gasteiger partial charge in [0, 0.05) is 12.2 Å². The molecule has 0 aliphatic heterocycles. The van der Waals surface area contributed by atoms with Crippen molar-refractivity contribution in [1.29, 1.82) is 0 Å². The van der Waals surface area contributed by atoms with Gasteiger partial charge in [0.1, 0.15) is 12.2 Å². The van der Waals surface area contributed by atoms with Crippen molar-refractivity contribution < 1.29 is 38.9 Å². The van der Waals surface area contributed by atoms with E-state index in [0.717, 1.165) is 57.8 Å². The van der Waals surface area contributed by atoms with Gasteiger partial charge in [-0.2, -0.15) is 0 Å². The van der Waals surface area contributed by atoms with E-state index in [2.05, 4.69) is 0 Å². The van der Waals surface area contributed by atoms with Crippen LogP contribution in [0, 0.1) is 0 Å². The SMILES string of the molecule is CCCCC(C(=O)O)(C(=O)O)c1ccccc1.O=C(/C=C\C(=O)OC1CCCCC1)OC1CCCCC1. The predicted octanol–water partition coefficient (Wildman–Crippen LogP) is 5.58. The van der Waals surface area contributed by atoms with E-state index in [4.69, 9.17) is 9.47 Å². The summed E-state index contributed by atoms with van der Waals surface area (Å²) in [5, 5.41) is 18.6. The maximum absolute atomic E-state index is 11.6. The first-order chi connectivity index (χ1) is 17.8. The molecule has 1 aromatic carbocycles. The molecule has 8 nitrogen and oxygen atoms in total. The first-order valence-electron chi connectivity index (χ1n) is 13.4. The van der Waals surface area contributed by atoms with Crippen molar-refractivity contribution in [2.24, 2.45) is 0 Å². The number of unbranched alkanes of at least 4 members (excludes halogenated alkanes) is 1. The summed E-state index contributed by atoms with van der Waals surface area (Å²) in [6, 6.07) is 8.15. The molecule has 0 spiro atoms. The van der Waals surface area contributed by atoms with Crippen LogP contribution in [0.25, 0.3) is 0 Å². The smallest absolute Gasteiger partial charge is 0.331 e. The zero-order valence-corrected chi connectivity index (χ0v) is 21.7. The van der Waals surface area contributed by atoms with Crippen LogP contribution in [0.3, 0.4) is 0 Å². The molecule has 0 heterocycles. The van der Waals surface area contributed by atoms with Gasteiger partial charge in [-0.15, -0.1) is 0 Å². The monoisotopic (exact) mass is 516 g/mol. The van der Waals surface area contributed by atoms with Crippen LogP contribution in [0.4, 0.5) is 0 Å². The average Bonchev–Trinajstić information content (AvgIpc) is 2.90. The van der Waals surface area contributed by atoms with Crippen molar-refractivity contribution in [1.82, 2.24) is 0 Å². The van der Waals surface area contributed by atoms with Gasteiger partial charge in [0.15, 0.2) is 5.41 Å². The Labute approximate surface area is 219 Å². The van der Waals surface area contributed by atoms with Crippen LogP contribution in [0.1, 0.15) is 96.0 Å². The molecule has 2 aliphatic rings. The number of carboxylic acids is 2. The van der Waals surface area contributed by atoms with Gasteiger partial charge < -0.3 is 19.7 Å². The standard InChI is InChI=1S/C16H24O4.C13H16O4/c17-15(19-13-7-3-1-4-8-13)11-12-16(18)20-14-9-5-2-6-10-14;1-2-3-9-13(11(14)15,12(16)17)10-7-5-4-6-8-10/h11-14H,1-10H2;4-8H,2-3,9H2,1H3,(H,14,15)(H,16,17)/b12-11-;. The molecule has 0 unspecified atom stereocenters. The van der Waals surface area contributed by atoms with Crippen molar-refractivity contribution >= 4 is 23.9 Å². The van der Waals surface area contributed by atoms with Crippen LogP contribution in [0.2, 0.25) is 0 Å². The molecule has 0 aromatic heterocycles. The van der Waals surface area contributed by atoms with Crippen molar-refractivity contribution in [2.75, 3.05) is 0 Å². The minimum Gasteiger partial charge on any atom is -0.480 e. The molecule has 0 saturated heterocycles. The Balaban J connectivity index is 0.000000264. The van der Waals surface area contributed by atoms with Gasteiger partial charge in [-0.1, -0.05) is 62.9 Å². The van der Waals surface area contributed by atoms with E-state index < -0.39 is 29.3 Å². The zero-order valence-electron chi connectivity index (χ0n) is 21.7. The Morgan fingerprint density at radius 1 is 0.784 bits per heavy atom. The summed E-state index contributed by atoms with van der Waals surface area (Å²) in [5.41, 5.74) is -1.49. The predicted molar refractivity (Wildman–Crippen MR) is 138 cm³/mol. The largest absolute Gasteiger partial charge is 0.480 e. The fourth-order valence-corrected chi connectivity index (χ4v) is 4.77. The van der Waals surface area contributed by atoms with Gasteiger partial charge in [-0.05, 0) is 63.4 Å².